The van der Waals surface area contributed by atoms with Crippen molar-refractivity contribution in [2.24, 2.45) is 0 Å². The van der Waals surface area contributed by atoms with E-state index < -0.39 is 0 Å². The van der Waals surface area contributed by atoms with Crippen LogP contribution >= 0.6 is 11.8 Å². The molecule has 5 nitrogen and oxygen atoms in total. The summed E-state index contributed by atoms with van der Waals surface area (Å²) in [5.41, 5.74) is 6.71. The Balaban J connectivity index is 1.94. The summed E-state index contributed by atoms with van der Waals surface area (Å²) in [6.45, 7) is 1.75. The minimum absolute atomic E-state index is 0.211. The van der Waals surface area contributed by atoms with Gasteiger partial charge >= 0.3 is 0 Å². The van der Waals surface area contributed by atoms with Gasteiger partial charge in [0.15, 0.2) is 11.9 Å². The van der Waals surface area contributed by atoms with Gasteiger partial charge < -0.3 is 10.5 Å². The van der Waals surface area contributed by atoms with Gasteiger partial charge in [-0.1, -0.05) is 12.1 Å². The van der Waals surface area contributed by atoms with Crippen molar-refractivity contribution in [2.45, 2.75) is 17.9 Å². The van der Waals surface area contributed by atoms with Crippen LogP contribution < -0.4 is 10.5 Å². The van der Waals surface area contributed by atoms with Gasteiger partial charge in [0.25, 0.3) is 0 Å². The molecule has 1 aliphatic rings. The minimum atomic E-state index is -0.247. The second-order valence-corrected chi connectivity index (χ2v) is 5.47. The predicted molar refractivity (Wildman–Crippen MR) is 76.4 cm³/mol. The topological polar surface area (TPSA) is 84.8 Å². The van der Waals surface area contributed by atoms with Crippen LogP contribution in [0.3, 0.4) is 0 Å². The molecule has 2 aromatic rings. The first-order chi connectivity index (χ1) is 9.69. The predicted octanol–water partition coefficient (Wildman–Crippen LogP) is 2.46. The van der Waals surface area contributed by atoms with Crippen molar-refractivity contribution in [1.82, 2.24) is 9.97 Å². The van der Waals surface area contributed by atoms with Crippen LogP contribution in [0, 0.1) is 18.3 Å². The zero-order valence-electron chi connectivity index (χ0n) is 10.8. The van der Waals surface area contributed by atoms with E-state index in [0.29, 0.717) is 17.1 Å². The summed E-state index contributed by atoms with van der Waals surface area (Å²) in [6, 6.07) is 9.88. The minimum Gasteiger partial charge on any atom is -0.480 e. The number of nitrogen functional groups attached to an aromatic ring is 1. The second-order valence-electron chi connectivity index (χ2n) is 4.40. The van der Waals surface area contributed by atoms with Gasteiger partial charge in [0.1, 0.15) is 23.2 Å². The van der Waals surface area contributed by atoms with Gasteiger partial charge in [0.05, 0.1) is 5.69 Å². The van der Waals surface area contributed by atoms with Crippen molar-refractivity contribution in [1.29, 1.82) is 5.26 Å². The Morgan fingerprint density at radius 3 is 2.95 bits per heavy atom. The van der Waals surface area contributed by atoms with Gasteiger partial charge in [0, 0.05) is 10.6 Å². The Labute approximate surface area is 120 Å². The Hall–Kier alpha value is -2.26. The van der Waals surface area contributed by atoms with Crippen molar-refractivity contribution in [3.05, 3.63) is 41.3 Å². The summed E-state index contributed by atoms with van der Waals surface area (Å²) in [4.78, 5) is 9.67. The lowest BCUT2D eigenvalue weighted by atomic mass is 10.2. The molecule has 3 rings (SSSR count). The number of nitrogens with zero attached hydrogens (tertiary/aromatic N) is 3. The second kappa shape index (κ2) is 5.02. The van der Waals surface area contributed by atoms with Crippen LogP contribution in [0.2, 0.25) is 0 Å². The van der Waals surface area contributed by atoms with Crippen molar-refractivity contribution < 1.29 is 4.74 Å². The van der Waals surface area contributed by atoms with Gasteiger partial charge in [-0.3, -0.25) is 0 Å². The molecule has 0 saturated carbocycles. The first-order valence-corrected chi connectivity index (χ1v) is 7.10. The zero-order valence-corrected chi connectivity index (χ0v) is 11.6. The molecule has 0 bridgehead atoms. The molecule has 20 heavy (non-hydrogen) atoms. The largest absolute Gasteiger partial charge is 0.480 e. The SMILES string of the molecule is Cc1nc(C2CSc3ccccc3O2)nc(N)c1C#N. The van der Waals surface area contributed by atoms with E-state index in [-0.39, 0.29) is 11.9 Å². The highest BCUT2D eigenvalue weighted by Gasteiger charge is 2.25. The van der Waals surface area contributed by atoms with Gasteiger partial charge in [0.2, 0.25) is 0 Å². The molecule has 0 aliphatic carbocycles. The molecule has 1 aromatic heterocycles. The number of fused-ring (bicyclic) bond motifs is 1. The van der Waals surface area contributed by atoms with Crippen molar-refractivity contribution >= 4 is 17.6 Å². The van der Waals surface area contributed by atoms with Gasteiger partial charge in [-0.05, 0) is 19.1 Å². The number of ether oxygens (including phenoxy) is 1. The average molecular weight is 284 g/mol. The molecular weight excluding hydrogens is 272 g/mol. The lowest BCUT2D eigenvalue weighted by Crippen LogP contribution is -2.19. The van der Waals surface area contributed by atoms with E-state index >= 15 is 0 Å². The maximum absolute atomic E-state index is 8.99. The summed E-state index contributed by atoms with van der Waals surface area (Å²) >= 11 is 1.70. The Morgan fingerprint density at radius 2 is 2.20 bits per heavy atom. The first-order valence-electron chi connectivity index (χ1n) is 6.11. The summed E-state index contributed by atoms with van der Waals surface area (Å²) < 4.78 is 5.92. The number of hydrogen-bond donors (Lipinski definition) is 1. The number of hydrogen-bond acceptors (Lipinski definition) is 6. The van der Waals surface area contributed by atoms with E-state index in [9.17, 15) is 0 Å². The molecule has 0 saturated heterocycles. The molecule has 1 aromatic carbocycles. The molecule has 1 atom stereocenters. The van der Waals surface area contributed by atoms with E-state index in [1.807, 2.05) is 30.3 Å². The smallest absolute Gasteiger partial charge is 0.172 e. The average Bonchev–Trinajstić information content (AvgIpc) is 2.46. The normalized spacial score (nSPS) is 16.9. The molecule has 0 radical (unpaired) electrons. The standard InChI is InChI=1S/C14H12N4OS/c1-8-9(6-15)13(16)18-14(17-8)11-7-20-12-5-3-2-4-10(12)19-11/h2-5,11H,7H2,1H3,(H2,16,17,18). The number of nitriles is 1. The highest BCUT2D eigenvalue weighted by Crippen LogP contribution is 2.39. The van der Waals surface area contributed by atoms with E-state index in [4.69, 9.17) is 15.7 Å². The number of anilines is 1. The summed E-state index contributed by atoms with van der Waals surface area (Å²) in [5.74, 6) is 2.29. The highest BCUT2D eigenvalue weighted by atomic mass is 32.2. The summed E-state index contributed by atoms with van der Waals surface area (Å²) in [6.07, 6.45) is -0.247. The van der Waals surface area contributed by atoms with Crippen LogP contribution in [0.1, 0.15) is 23.2 Å². The molecule has 1 unspecified atom stereocenters. The number of nitrogens with two attached hydrogens (primary N) is 1. The first kappa shape index (κ1) is 12.8. The lowest BCUT2D eigenvalue weighted by Gasteiger charge is -2.24. The number of thioether (sulfide) groups is 1. The van der Waals surface area contributed by atoms with Crippen LogP contribution in [0.25, 0.3) is 0 Å². The van der Waals surface area contributed by atoms with Crippen molar-refractivity contribution in [3.63, 3.8) is 0 Å². The fourth-order valence-corrected chi connectivity index (χ4v) is 3.03. The maximum atomic E-state index is 8.99. The van der Waals surface area contributed by atoms with Crippen LogP contribution in [0.4, 0.5) is 5.82 Å². The molecule has 6 heteroatoms. The summed E-state index contributed by atoms with van der Waals surface area (Å²) in [5, 5.41) is 8.99. The molecular formula is C14H12N4OS. The van der Waals surface area contributed by atoms with Crippen LogP contribution in [0.15, 0.2) is 29.2 Å². The third kappa shape index (κ3) is 2.17. The van der Waals surface area contributed by atoms with E-state index in [1.54, 1.807) is 18.7 Å². The van der Waals surface area contributed by atoms with Crippen LogP contribution in [0.5, 0.6) is 5.75 Å². The fraction of sp³-hybridized carbons (Fsp3) is 0.214. The van der Waals surface area contributed by atoms with Gasteiger partial charge in [-0.2, -0.15) is 5.26 Å². The Morgan fingerprint density at radius 1 is 1.40 bits per heavy atom. The fourth-order valence-electron chi connectivity index (χ4n) is 2.05. The van der Waals surface area contributed by atoms with Crippen molar-refractivity contribution in [3.8, 4) is 11.8 Å². The third-order valence-electron chi connectivity index (χ3n) is 3.04. The van der Waals surface area contributed by atoms with Crippen LogP contribution in [-0.2, 0) is 0 Å². The van der Waals surface area contributed by atoms with Crippen molar-refractivity contribution in [2.75, 3.05) is 11.5 Å². The molecule has 1 aliphatic heterocycles. The molecule has 2 N–H and O–H groups in total. The number of rotatable bonds is 1. The molecule has 100 valence electrons. The number of benzene rings is 1. The third-order valence-corrected chi connectivity index (χ3v) is 4.16. The number of aromatic nitrogens is 2. The van der Waals surface area contributed by atoms with E-state index in [2.05, 4.69) is 9.97 Å². The van der Waals surface area contributed by atoms with E-state index in [1.165, 1.54) is 0 Å². The molecule has 2 heterocycles. The number of para-hydroxylation sites is 1. The molecule has 0 spiro atoms. The quantitative estimate of drug-likeness (QED) is 0.866. The van der Waals surface area contributed by atoms with Crippen LogP contribution in [-0.4, -0.2) is 15.7 Å². The summed E-state index contributed by atoms with van der Waals surface area (Å²) in [7, 11) is 0. The zero-order chi connectivity index (χ0) is 14.1. The number of aryl methyl sites for hydroxylation is 1. The maximum Gasteiger partial charge on any atom is 0.172 e. The lowest BCUT2D eigenvalue weighted by molar-refractivity contribution is 0.210. The van der Waals surface area contributed by atoms with Gasteiger partial charge in [-0.15, -0.1) is 11.8 Å². The molecule has 0 fully saturated rings. The highest BCUT2D eigenvalue weighted by molar-refractivity contribution is 7.99. The molecule has 0 amide bonds. The Kier molecular flexibility index (Phi) is 3.20. The monoisotopic (exact) mass is 284 g/mol. The van der Waals surface area contributed by atoms with E-state index in [0.717, 1.165) is 16.4 Å². The Bertz CT molecular complexity index is 688. The van der Waals surface area contributed by atoms with Gasteiger partial charge in [-0.25, -0.2) is 9.97 Å².